The van der Waals surface area contributed by atoms with Crippen LogP contribution in [-0.2, 0) is 0 Å². The molecule has 2 N–H and O–H groups in total. The van der Waals surface area contributed by atoms with E-state index in [1.165, 1.54) is 0 Å². The summed E-state index contributed by atoms with van der Waals surface area (Å²) in [5.41, 5.74) is 8.49. The van der Waals surface area contributed by atoms with Crippen molar-refractivity contribution in [3.63, 3.8) is 0 Å². The van der Waals surface area contributed by atoms with Crippen molar-refractivity contribution in [3.8, 4) is 0 Å². The highest BCUT2D eigenvalue weighted by molar-refractivity contribution is 9.10. The van der Waals surface area contributed by atoms with Crippen LogP contribution in [0.2, 0.25) is 0 Å². The van der Waals surface area contributed by atoms with E-state index in [0.29, 0.717) is 11.3 Å². The van der Waals surface area contributed by atoms with Gasteiger partial charge in [-0.05, 0) is 53.6 Å². The molecule has 0 saturated carbocycles. The maximum absolute atomic E-state index is 12.3. The fraction of sp³-hybridized carbons (Fsp3) is 0. The highest BCUT2D eigenvalue weighted by Crippen LogP contribution is 2.12. The van der Waals surface area contributed by atoms with Gasteiger partial charge >= 0.3 is 0 Å². The van der Waals surface area contributed by atoms with Gasteiger partial charge in [-0.1, -0.05) is 62.2 Å². The molecule has 0 aromatic heterocycles. The summed E-state index contributed by atoms with van der Waals surface area (Å²) in [5, 5.41) is 8.19. The van der Waals surface area contributed by atoms with E-state index in [1.54, 1.807) is 30.6 Å². The molecule has 0 unspecified atom stereocenters. The Morgan fingerprint density at radius 2 is 1.36 bits per heavy atom. The summed E-state index contributed by atoms with van der Waals surface area (Å²) < 4.78 is 2.00. The number of hydrogen-bond donors (Lipinski definition) is 2. The maximum Gasteiger partial charge on any atom is 0.271 e. The lowest BCUT2D eigenvalue weighted by Gasteiger charge is -2.04. The molecule has 0 fully saturated rings. The zero-order chi connectivity index (χ0) is 19.8. The van der Waals surface area contributed by atoms with E-state index in [1.807, 2.05) is 54.6 Å². The summed E-state index contributed by atoms with van der Waals surface area (Å²) in [6.07, 6.45) is 3.30. The number of nitrogens with one attached hydrogen (secondary N) is 2. The molecule has 0 aliphatic rings. The number of anilines is 1. The lowest BCUT2D eigenvalue weighted by atomic mass is 10.2. The number of hydrazone groups is 2. The lowest BCUT2D eigenvalue weighted by Crippen LogP contribution is -2.17. The molecule has 0 spiro atoms. The van der Waals surface area contributed by atoms with Crippen LogP contribution in [0.5, 0.6) is 0 Å². The van der Waals surface area contributed by atoms with E-state index in [4.69, 9.17) is 0 Å². The van der Waals surface area contributed by atoms with Gasteiger partial charge in [-0.15, -0.1) is 0 Å². The van der Waals surface area contributed by atoms with Crippen LogP contribution >= 0.6 is 31.9 Å². The van der Waals surface area contributed by atoms with E-state index >= 15 is 0 Å². The van der Waals surface area contributed by atoms with Crippen molar-refractivity contribution in [1.82, 2.24) is 5.43 Å². The van der Waals surface area contributed by atoms with Crippen molar-refractivity contribution >= 4 is 55.9 Å². The third-order valence-corrected chi connectivity index (χ3v) is 4.71. The zero-order valence-electron chi connectivity index (χ0n) is 14.6. The Morgan fingerprint density at radius 1 is 0.786 bits per heavy atom. The normalized spacial score (nSPS) is 11.1. The molecule has 0 aliphatic carbocycles. The van der Waals surface area contributed by atoms with Gasteiger partial charge in [-0.3, -0.25) is 10.2 Å². The van der Waals surface area contributed by atoms with Gasteiger partial charge in [0.05, 0.1) is 18.1 Å². The second-order valence-electron chi connectivity index (χ2n) is 5.75. The van der Waals surface area contributed by atoms with Crippen LogP contribution < -0.4 is 10.9 Å². The topological polar surface area (TPSA) is 65.8 Å². The zero-order valence-corrected chi connectivity index (χ0v) is 17.8. The number of carbonyl (C=O) groups is 1. The van der Waals surface area contributed by atoms with Gasteiger partial charge in [0.1, 0.15) is 0 Å². The summed E-state index contributed by atoms with van der Waals surface area (Å²) in [5.74, 6) is -0.297. The van der Waals surface area contributed by atoms with Gasteiger partial charge in [-0.25, -0.2) is 5.43 Å². The molecule has 0 bridgehead atoms. The van der Waals surface area contributed by atoms with Gasteiger partial charge in [-0.2, -0.15) is 10.2 Å². The number of halogens is 2. The van der Waals surface area contributed by atoms with Crippen molar-refractivity contribution in [2.45, 2.75) is 0 Å². The first kappa shape index (κ1) is 20.0. The predicted octanol–water partition coefficient (Wildman–Crippen LogP) is 5.42. The van der Waals surface area contributed by atoms with E-state index in [9.17, 15) is 4.79 Å². The SMILES string of the molecule is O=C(N/N=C\c1ccc(Br)cc1)c1cccc(N/N=C\c2ccc(Br)cc2)c1. The molecule has 0 heterocycles. The smallest absolute Gasteiger partial charge is 0.271 e. The maximum atomic E-state index is 12.3. The third-order valence-electron chi connectivity index (χ3n) is 3.65. The fourth-order valence-electron chi connectivity index (χ4n) is 2.24. The molecular weight excluding hydrogens is 484 g/mol. The Kier molecular flexibility index (Phi) is 7.11. The summed E-state index contributed by atoms with van der Waals surface area (Å²) >= 11 is 6.77. The molecule has 0 atom stereocenters. The molecule has 140 valence electrons. The number of benzene rings is 3. The molecule has 7 heteroatoms. The minimum absolute atomic E-state index is 0.297. The first-order valence-corrected chi connectivity index (χ1v) is 9.92. The van der Waals surface area contributed by atoms with Crippen LogP contribution in [0.1, 0.15) is 21.5 Å². The largest absolute Gasteiger partial charge is 0.278 e. The van der Waals surface area contributed by atoms with Crippen molar-refractivity contribution in [3.05, 3.63) is 98.4 Å². The molecule has 3 aromatic rings. The molecular formula is C21H16Br2N4O. The highest BCUT2D eigenvalue weighted by atomic mass is 79.9. The minimum atomic E-state index is -0.297. The Morgan fingerprint density at radius 3 is 1.96 bits per heavy atom. The summed E-state index contributed by atoms with van der Waals surface area (Å²) in [6.45, 7) is 0. The van der Waals surface area contributed by atoms with Crippen LogP contribution in [-0.4, -0.2) is 18.3 Å². The van der Waals surface area contributed by atoms with E-state index < -0.39 is 0 Å². The Labute approximate surface area is 179 Å². The average molecular weight is 500 g/mol. The quantitative estimate of drug-likeness (QED) is 0.351. The lowest BCUT2D eigenvalue weighted by molar-refractivity contribution is 0.0955. The number of hydrogen-bond acceptors (Lipinski definition) is 4. The van der Waals surface area contributed by atoms with Crippen molar-refractivity contribution in [1.29, 1.82) is 0 Å². The van der Waals surface area contributed by atoms with Crippen molar-refractivity contribution < 1.29 is 4.79 Å². The summed E-state index contributed by atoms with van der Waals surface area (Å²) in [7, 11) is 0. The van der Waals surface area contributed by atoms with E-state index in [0.717, 1.165) is 20.1 Å². The molecule has 3 aromatic carbocycles. The summed E-state index contributed by atoms with van der Waals surface area (Å²) in [6, 6.07) is 22.4. The number of rotatable bonds is 6. The van der Waals surface area contributed by atoms with Crippen molar-refractivity contribution in [2.75, 3.05) is 5.43 Å². The summed E-state index contributed by atoms with van der Waals surface area (Å²) in [4.78, 5) is 12.3. The van der Waals surface area contributed by atoms with Gasteiger partial charge in [0, 0.05) is 14.5 Å². The van der Waals surface area contributed by atoms with Crippen LogP contribution in [0.4, 0.5) is 5.69 Å². The van der Waals surface area contributed by atoms with Crippen molar-refractivity contribution in [2.24, 2.45) is 10.2 Å². The average Bonchev–Trinajstić information content (AvgIpc) is 2.71. The van der Waals surface area contributed by atoms with E-state index in [2.05, 4.69) is 52.9 Å². The Bertz CT molecular complexity index is 1000. The second-order valence-corrected chi connectivity index (χ2v) is 7.58. The molecule has 0 radical (unpaired) electrons. The van der Waals surface area contributed by atoms with Crippen LogP contribution in [0.25, 0.3) is 0 Å². The number of carbonyl (C=O) groups excluding carboxylic acids is 1. The van der Waals surface area contributed by atoms with Crippen LogP contribution in [0.15, 0.2) is 91.9 Å². The van der Waals surface area contributed by atoms with Gasteiger partial charge in [0.15, 0.2) is 0 Å². The minimum Gasteiger partial charge on any atom is -0.278 e. The molecule has 5 nitrogen and oxygen atoms in total. The molecule has 1 amide bonds. The highest BCUT2D eigenvalue weighted by Gasteiger charge is 2.04. The first-order chi connectivity index (χ1) is 13.6. The van der Waals surface area contributed by atoms with Crippen LogP contribution in [0, 0.1) is 0 Å². The first-order valence-electron chi connectivity index (χ1n) is 8.34. The van der Waals surface area contributed by atoms with Gasteiger partial charge < -0.3 is 0 Å². The third kappa shape index (κ3) is 6.14. The number of amides is 1. The Balaban J connectivity index is 1.58. The molecule has 0 aliphatic heterocycles. The fourth-order valence-corrected chi connectivity index (χ4v) is 2.77. The number of nitrogens with zero attached hydrogens (tertiary/aromatic N) is 2. The Hall–Kier alpha value is -2.77. The molecule has 28 heavy (non-hydrogen) atoms. The monoisotopic (exact) mass is 498 g/mol. The second kappa shape index (κ2) is 9.96. The van der Waals surface area contributed by atoms with Crippen LogP contribution in [0.3, 0.4) is 0 Å². The predicted molar refractivity (Wildman–Crippen MR) is 121 cm³/mol. The molecule has 3 rings (SSSR count). The van der Waals surface area contributed by atoms with Gasteiger partial charge in [0.2, 0.25) is 0 Å². The van der Waals surface area contributed by atoms with E-state index in [-0.39, 0.29) is 5.91 Å². The van der Waals surface area contributed by atoms with Gasteiger partial charge in [0.25, 0.3) is 5.91 Å². The molecule has 0 saturated heterocycles. The standard InChI is InChI=1S/C21H16Br2N4O/c22-18-8-4-15(5-9-18)13-24-26-20-3-1-2-17(12-20)21(28)27-25-14-16-6-10-19(23)11-7-16/h1-14,26H,(H,27,28)/b24-13-,25-14-.